The minimum atomic E-state index is 0.150. The van der Waals surface area contributed by atoms with E-state index < -0.39 is 0 Å². The van der Waals surface area contributed by atoms with E-state index in [1.54, 1.807) is 0 Å². The van der Waals surface area contributed by atoms with Crippen LogP contribution in [0, 0.1) is 17.2 Å². The summed E-state index contributed by atoms with van der Waals surface area (Å²) in [6, 6.07) is 10.8. The quantitative estimate of drug-likeness (QED) is 0.798. The number of ether oxygens (including phenoxy) is 1. The van der Waals surface area contributed by atoms with Crippen molar-refractivity contribution in [3.05, 3.63) is 35.4 Å². The van der Waals surface area contributed by atoms with Gasteiger partial charge >= 0.3 is 0 Å². The zero-order valence-electron chi connectivity index (χ0n) is 12.5. The summed E-state index contributed by atoms with van der Waals surface area (Å²) in [6.45, 7) is 7.97. The van der Waals surface area contributed by atoms with Crippen LogP contribution in [0.1, 0.15) is 37.5 Å². The van der Waals surface area contributed by atoms with Crippen LogP contribution in [-0.2, 0) is 11.2 Å². The van der Waals surface area contributed by atoms with Gasteiger partial charge in [0.25, 0.3) is 0 Å². The first-order valence-corrected chi connectivity index (χ1v) is 7.49. The molecule has 0 spiro atoms. The van der Waals surface area contributed by atoms with Crippen molar-refractivity contribution in [2.45, 2.75) is 32.8 Å². The highest BCUT2D eigenvalue weighted by atomic mass is 16.5. The minimum Gasteiger partial charge on any atom is -0.372 e. The van der Waals surface area contributed by atoms with Crippen molar-refractivity contribution < 1.29 is 4.74 Å². The van der Waals surface area contributed by atoms with Gasteiger partial charge in [-0.1, -0.05) is 38.1 Å². The van der Waals surface area contributed by atoms with Crippen molar-refractivity contribution in [1.29, 1.82) is 5.26 Å². The Kier molecular flexibility index (Phi) is 5.58. The van der Waals surface area contributed by atoms with Gasteiger partial charge < -0.3 is 4.74 Å². The Morgan fingerprint density at radius 1 is 1.40 bits per heavy atom. The summed E-state index contributed by atoms with van der Waals surface area (Å²) >= 11 is 0. The standard InChI is InChI=1S/C17H24N2O/c1-14(2)12-19(10-5-9-18)13-17-16-7-4-3-6-15(16)8-11-20-17/h3-4,6-7,14,17H,5,8,10-13H2,1-2H3. The zero-order valence-corrected chi connectivity index (χ0v) is 12.5. The summed E-state index contributed by atoms with van der Waals surface area (Å²) in [6.07, 6.45) is 1.74. The highest BCUT2D eigenvalue weighted by Gasteiger charge is 2.23. The predicted octanol–water partition coefficient (Wildman–Crippen LogP) is 3.17. The molecule has 1 unspecified atom stereocenters. The van der Waals surface area contributed by atoms with Crippen molar-refractivity contribution in [1.82, 2.24) is 4.90 Å². The summed E-state index contributed by atoms with van der Waals surface area (Å²) in [5.74, 6) is 0.604. The summed E-state index contributed by atoms with van der Waals surface area (Å²) < 4.78 is 5.97. The summed E-state index contributed by atoms with van der Waals surface area (Å²) in [5, 5.41) is 8.80. The van der Waals surface area contributed by atoms with Crippen molar-refractivity contribution in [2.24, 2.45) is 5.92 Å². The van der Waals surface area contributed by atoms with E-state index in [-0.39, 0.29) is 6.10 Å². The fraction of sp³-hybridized carbons (Fsp3) is 0.588. The lowest BCUT2D eigenvalue weighted by molar-refractivity contribution is 0.0140. The topological polar surface area (TPSA) is 36.3 Å². The van der Waals surface area contributed by atoms with Gasteiger partial charge in [-0.3, -0.25) is 4.90 Å². The van der Waals surface area contributed by atoms with Crippen LogP contribution in [0.4, 0.5) is 0 Å². The average Bonchev–Trinajstić information content (AvgIpc) is 2.44. The second-order valence-corrected chi connectivity index (χ2v) is 5.87. The third-order valence-electron chi connectivity index (χ3n) is 3.68. The molecule has 0 aliphatic carbocycles. The monoisotopic (exact) mass is 272 g/mol. The Morgan fingerprint density at radius 2 is 2.20 bits per heavy atom. The van der Waals surface area contributed by atoms with Gasteiger partial charge in [-0.15, -0.1) is 0 Å². The van der Waals surface area contributed by atoms with Gasteiger partial charge in [0.05, 0.1) is 18.8 Å². The Bertz CT molecular complexity index is 464. The van der Waals surface area contributed by atoms with Gasteiger partial charge in [0.2, 0.25) is 0 Å². The normalized spacial score (nSPS) is 18.1. The lowest BCUT2D eigenvalue weighted by Gasteiger charge is -2.32. The van der Waals surface area contributed by atoms with E-state index in [9.17, 15) is 0 Å². The molecule has 108 valence electrons. The molecule has 0 aromatic heterocycles. The SMILES string of the molecule is CC(C)CN(CCC#N)CC1OCCc2ccccc21. The Labute approximate surface area is 122 Å². The van der Waals surface area contributed by atoms with Crippen molar-refractivity contribution in [3.8, 4) is 6.07 Å². The van der Waals surface area contributed by atoms with Crippen LogP contribution in [0.5, 0.6) is 0 Å². The first-order chi connectivity index (χ1) is 9.70. The van der Waals surface area contributed by atoms with Crippen LogP contribution in [0.15, 0.2) is 24.3 Å². The fourth-order valence-corrected chi connectivity index (χ4v) is 2.84. The van der Waals surface area contributed by atoms with E-state index in [2.05, 4.69) is 49.1 Å². The number of fused-ring (bicyclic) bond motifs is 1. The number of nitriles is 1. The van der Waals surface area contributed by atoms with E-state index in [4.69, 9.17) is 10.00 Å². The lowest BCUT2D eigenvalue weighted by atomic mass is 9.97. The summed E-state index contributed by atoms with van der Waals surface area (Å²) in [7, 11) is 0. The molecule has 0 N–H and O–H groups in total. The van der Waals surface area contributed by atoms with Crippen molar-refractivity contribution >= 4 is 0 Å². The first-order valence-electron chi connectivity index (χ1n) is 7.49. The van der Waals surface area contributed by atoms with Crippen molar-refractivity contribution in [2.75, 3.05) is 26.2 Å². The van der Waals surface area contributed by atoms with Crippen LogP contribution in [0.2, 0.25) is 0 Å². The molecular weight excluding hydrogens is 248 g/mol. The maximum Gasteiger partial charge on any atom is 0.0954 e. The third-order valence-corrected chi connectivity index (χ3v) is 3.68. The number of nitrogens with zero attached hydrogens (tertiary/aromatic N) is 2. The average molecular weight is 272 g/mol. The van der Waals surface area contributed by atoms with E-state index in [1.165, 1.54) is 11.1 Å². The first kappa shape index (κ1) is 15.0. The van der Waals surface area contributed by atoms with Crippen LogP contribution < -0.4 is 0 Å². The molecule has 0 amide bonds. The third kappa shape index (κ3) is 4.06. The molecule has 3 nitrogen and oxygen atoms in total. The van der Waals surface area contributed by atoms with Gasteiger partial charge in [0.1, 0.15) is 0 Å². The number of hydrogen-bond acceptors (Lipinski definition) is 3. The molecule has 20 heavy (non-hydrogen) atoms. The molecule has 1 aromatic rings. The molecule has 0 saturated carbocycles. The van der Waals surface area contributed by atoms with E-state index in [1.807, 2.05) is 0 Å². The lowest BCUT2D eigenvalue weighted by Crippen LogP contribution is -2.35. The molecule has 0 radical (unpaired) electrons. The highest BCUT2D eigenvalue weighted by molar-refractivity contribution is 5.31. The molecule has 3 heteroatoms. The van der Waals surface area contributed by atoms with Crippen LogP contribution >= 0.6 is 0 Å². The number of benzene rings is 1. The molecule has 0 fully saturated rings. The van der Waals surface area contributed by atoms with Gasteiger partial charge in [-0.2, -0.15) is 5.26 Å². The molecule has 0 saturated heterocycles. The van der Waals surface area contributed by atoms with Gasteiger partial charge in [-0.05, 0) is 23.5 Å². The van der Waals surface area contributed by atoms with Gasteiger partial charge in [0.15, 0.2) is 0 Å². The Hall–Kier alpha value is -1.37. The van der Waals surface area contributed by atoms with E-state index in [0.29, 0.717) is 12.3 Å². The molecular formula is C17H24N2O. The van der Waals surface area contributed by atoms with Crippen LogP contribution in [0.25, 0.3) is 0 Å². The molecule has 1 heterocycles. The fourth-order valence-electron chi connectivity index (χ4n) is 2.84. The molecule has 1 aliphatic rings. The molecule has 0 bridgehead atoms. The maximum atomic E-state index is 8.80. The maximum absolute atomic E-state index is 8.80. The molecule has 2 rings (SSSR count). The molecule has 1 aliphatic heterocycles. The minimum absolute atomic E-state index is 0.150. The van der Waals surface area contributed by atoms with Crippen LogP contribution in [-0.4, -0.2) is 31.1 Å². The number of hydrogen-bond donors (Lipinski definition) is 0. The number of rotatable bonds is 6. The van der Waals surface area contributed by atoms with E-state index in [0.717, 1.165) is 32.7 Å². The Morgan fingerprint density at radius 3 is 2.95 bits per heavy atom. The highest BCUT2D eigenvalue weighted by Crippen LogP contribution is 2.27. The smallest absolute Gasteiger partial charge is 0.0954 e. The second-order valence-electron chi connectivity index (χ2n) is 5.87. The Balaban J connectivity index is 2.05. The van der Waals surface area contributed by atoms with Crippen molar-refractivity contribution in [3.63, 3.8) is 0 Å². The molecule has 1 atom stereocenters. The van der Waals surface area contributed by atoms with E-state index >= 15 is 0 Å². The largest absolute Gasteiger partial charge is 0.372 e. The van der Waals surface area contributed by atoms with Gasteiger partial charge in [0, 0.05) is 26.1 Å². The molecule has 1 aromatic carbocycles. The second kappa shape index (κ2) is 7.42. The summed E-state index contributed by atoms with van der Waals surface area (Å²) in [4.78, 5) is 2.36. The predicted molar refractivity (Wildman–Crippen MR) is 80.3 cm³/mol. The zero-order chi connectivity index (χ0) is 14.4. The van der Waals surface area contributed by atoms with Crippen LogP contribution in [0.3, 0.4) is 0 Å². The summed E-state index contributed by atoms with van der Waals surface area (Å²) in [5.41, 5.74) is 2.73. The van der Waals surface area contributed by atoms with Gasteiger partial charge in [-0.25, -0.2) is 0 Å².